The lowest BCUT2D eigenvalue weighted by molar-refractivity contribution is -0.389. The zero-order chi connectivity index (χ0) is 20.5. The van der Waals surface area contributed by atoms with Gasteiger partial charge in [0.2, 0.25) is 0 Å². The van der Waals surface area contributed by atoms with Gasteiger partial charge in [0.25, 0.3) is 5.91 Å². The van der Waals surface area contributed by atoms with Crippen LogP contribution in [0.3, 0.4) is 0 Å². The summed E-state index contributed by atoms with van der Waals surface area (Å²) in [5.41, 5.74) is 2.01. The third-order valence-electron chi connectivity index (χ3n) is 4.24. The van der Waals surface area contributed by atoms with E-state index in [4.69, 9.17) is 16.6 Å². The Labute approximate surface area is 170 Å². The van der Waals surface area contributed by atoms with E-state index in [9.17, 15) is 14.9 Å². The first-order chi connectivity index (χ1) is 13.9. The molecule has 0 saturated carbocycles. The van der Waals surface area contributed by atoms with Gasteiger partial charge >= 0.3 is 5.82 Å². The summed E-state index contributed by atoms with van der Waals surface area (Å²) in [6.45, 7) is 2.17. The summed E-state index contributed by atoms with van der Waals surface area (Å²) in [5, 5.41) is 17.8. The Bertz CT molecular complexity index is 1160. The number of nitrogens with one attached hydrogen (secondary N) is 1. The van der Waals surface area contributed by atoms with E-state index in [2.05, 4.69) is 10.4 Å². The third kappa shape index (κ3) is 3.78. The van der Waals surface area contributed by atoms with E-state index in [0.29, 0.717) is 28.0 Å². The molecule has 1 saturated heterocycles. The van der Waals surface area contributed by atoms with Crippen LogP contribution >= 0.6 is 12.2 Å². The fourth-order valence-corrected chi connectivity index (χ4v) is 3.23. The largest absolute Gasteiger partial charge is 0.460 e. The molecule has 1 aliphatic rings. The molecule has 1 amide bonds. The summed E-state index contributed by atoms with van der Waals surface area (Å²) >= 11 is 5.31. The Morgan fingerprint density at radius 3 is 2.86 bits per heavy atom. The topological polar surface area (TPSA) is 106 Å². The molecule has 3 heterocycles. The molecule has 0 radical (unpaired) electrons. The van der Waals surface area contributed by atoms with Gasteiger partial charge in [-0.1, -0.05) is 12.1 Å². The Morgan fingerprint density at radius 1 is 1.31 bits per heavy atom. The van der Waals surface area contributed by atoms with Crippen LogP contribution in [0.1, 0.15) is 17.1 Å². The molecular formula is C19H15N5O4S. The van der Waals surface area contributed by atoms with E-state index in [0.717, 1.165) is 5.56 Å². The number of benzene rings is 1. The minimum Gasteiger partial charge on any atom is -0.460 e. The lowest BCUT2D eigenvalue weighted by Crippen LogP contribution is -2.30. The van der Waals surface area contributed by atoms with Gasteiger partial charge in [0.05, 0.1) is 23.0 Å². The highest BCUT2D eigenvalue weighted by atomic mass is 32.1. The number of hydrogen-bond acceptors (Lipinski definition) is 6. The predicted molar refractivity (Wildman–Crippen MR) is 109 cm³/mol. The van der Waals surface area contributed by atoms with Gasteiger partial charge in [-0.15, -0.1) is 0 Å². The molecule has 0 spiro atoms. The van der Waals surface area contributed by atoms with Crippen molar-refractivity contribution in [1.82, 2.24) is 15.1 Å². The number of furan rings is 1. The summed E-state index contributed by atoms with van der Waals surface area (Å²) < 4.78 is 7.11. The minimum absolute atomic E-state index is 0.228. The zero-order valence-corrected chi connectivity index (χ0v) is 16.0. The van der Waals surface area contributed by atoms with E-state index < -0.39 is 4.92 Å². The number of carbonyl (C=O) groups is 1. The molecule has 0 bridgehead atoms. The summed E-state index contributed by atoms with van der Waals surface area (Å²) in [7, 11) is 0. The van der Waals surface area contributed by atoms with E-state index in [1.807, 2.05) is 31.2 Å². The van der Waals surface area contributed by atoms with Crippen LogP contribution in [0, 0.1) is 17.0 Å². The van der Waals surface area contributed by atoms with Crippen LogP contribution in [0.4, 0.5) is 11.5 Å². The average Bonchev–Trinajstić information content (AvgIpc) is 3.37. The van der Waals surface area contributed by atoms with Crippen molar-refractivity contribution in [3.63, 3.8) is 0 Å². The molecule has 10 heteroatoms. The Balaban J connectivity index is 1.52. The highest BCUT2D eigenvalue weighted by molar-refractivity contribution is 7.80. The van der Waals surface area contributed by atoms with Crippen molar-refractivity contribution in [2.24, 2.45) is 0 Å². The number of thiocarbonyl (C=S) groups is 1. The highest BCUT2D eigenvalue weighted by Crippen LogP contribution is 2.24. The number of nitro groups is 1. The smallest absolute Gasteiger partial charge is 0.389 e. The van der Waals surface area contributed by atoms with Crippen LogP contribution in [-0.2, 0) is 11.3 Å². The number of aryl methyl sites for hydroxylation is 1. The Hall–Kier alpha value is -3.79. The Morgan fingerprint density at radius 2 is 2.14 bits per heavy atom. The maximum Gasteiger partial charge on any atom is 0.389 e. The first kappa shape index (κ1) is 18.6. The van der Waals surface area contributed by atoms with Gasteiger partial charge in [-0.3, -0.25) is 9.69 Å². The number of aromatic nitrogens is 2. The van der Waals surface area contributed by atoms with E-state index in [1.165, 1.54) is 21.8 Å². The first-order valence-corrected chi connectivity index (χ1v) is 9.02. The molecule has 0 aliphatic carbocycles. The molecule has 0 atom stereocenters. The molecule has 29 heavy (non-hydrogen) atoms. The van der Waals surface area contributed by atoms with Gasteiger partial charge in [0.1, 0.15) is 23.8 Å². The van der Waals surface area contributed by atoms with Crippen molar-refractivity contribution in [1.29, 1.82) is 0 Å². The number of rotatable bonds is 5. The molecule has 2 aromatic heterocycles. The summed E-state index contributed by atoms with van der Waals surface area (Å²) in [5.74, 6) is 0.482. The third-order valence-corrected chi connectivity index (χ3v) is 4.52. The van der Waals surface area contributed by atoms with Crippen molar-refractivity contribution < 1.29 is 14.1 Å². The van der Waals surface area contributed by atoms with Gasteiger partial charge in [0, 0.05) is 6.08 Å². The first-order valence-electron chi connectivity index (χ1n) is 8.61. The lowest BCUT2D eigenvalue weighted by Gasteiger charge is -2.14. The van der Waals surface area contributed by atoms with Crippen molar-refractivity contribution >= 4 is 40.8 Å². The Kier molecular flexibility index (Phi) is 4.69. The molecule has 146 valence electrons. The molecule has 1 aliphatic heterocycles. The van der Waals surface area contributed by atoms with Gasteiger partial charge in [0.15, 0.2) is 5.11 Å². The summed E-state index contributed by atoms with van der Waals surface area (Å²) in [4.78, 5) is 24.4. The van der Waals surface area contributed by atoms with Crippen molar-refractivity contribution in [2.45, 2.75) is 13.5 Å². The fraction of sp³-hybridized carbons (Fsp3) is 0.105. The molecule has 1 aromatic carbocycles. The van der Waals surface area contributed by atoms with Crippen LogP contribution in [0.5, 0.6) is 0 Å². The van der Waals surface area contributed by atoms with Crippen LogP contribution < -0.4 is 10.2 Å². The van der Waals surface area contributed by atoms with Crippen molar-refractivity contribution in [3.05, 3.63) is 81.6 Å². The number of anilines is 1. The zero-order valence-electron chi connectivity index (χ0n) is 15.2. The van der Waals surface area contributed by atoms with E-state index in [-0.39, 0.29) is 18.3 Å². The normalized spacial score (nSPS) is 15.2. The lowest BCUT2D eigenvalue weighted by atomic mass is 10.2. The summed E-state index contributed by atoms with van der Waals surface area (Å²) in [6.07, 6.45) is 3.07. The summed E-state index contributed by atoms with van der Waals surface area (Å²) in [6, 6.07) is 12.2. The van der Waals surface area contributed by atoms with Crippen LogP contribution in [-0.4, -0.2) is 25.7 Å². The number of hydrogen-bond donors (Lipinski definition) is 1. The monoisotopic (exact) mass is 409 g/mol. The van der Waals surface area contributed by atoms with Gasteiger partial charge in [-0.25, -0.2) is 0 Å². The van der Waals surface area contributed by atoms with Crippen LogP contribution in [0.2, 0.25) is 0 Å². The minimum atomic E-state index is -0.561. The standard InChI is InChI=1S/C19H15N5O4S/c1-12-3-2-4-13(9-12)23-18(25)16(20-19(23)29)10-14-5-6-15(28-14)11-22-8-7-17(21-22)24(26)27/h2-10H,11H2,1H3,(H,20,29)/b16-10+. The van der Waals surface area contributed by atoms with Gasteiger partial charge in [-0.05, 0) is 53.9 Å². The number of amides is 1. The second kappa shape index (κ2) is 7.32. The molecule has 9 nitrogen and oxygen atoms in total. The maximum absolute atomic E-state index is 12.8. The SMILES string of the molecule is Cc1cccc(N2C(=O)/C(=C\c3ccc(Cn4ccc([N+](=O)[O-])n4)o3)NC2=S)c1. The fourth-order valence-electron chi connectivity index (χ4n) is 2.93. The molecule has 1 N–H and O–H groups in total. The molecule has 0 unspecified atom stereocenters. The second-order valence-electron chi connectivity index (χ2n) is 6.40. The van der Waals surface area contributed by atoms with Crippen molar-refractivity contribution in [3.8, 4) is 0 Å². The van der Waals surface area contributed by atoms with E-state index >= 15 is 0 Å². The predicted octanol–water partition coefficient (Wildman–Crippen LogP) is 3.00. The number of carbonyl (C=O) groups excluding carboxylic acids is 1. The molecule has 3 aromatic rings. The van der Waals surface area contributed by atoms with Crippen LogP contribution in [0.15, 0.2) is 58.8 Å². The quantitative estimate of drug-likeness (QED) is 0.299. The van der Waals surface area contributed by atoms with Crippen molar-refractivity contribution in [2.75, 3.05) is 4.90 Å². The molecule has 4 rings (SSSR count). The van der Waals surface area contributed by atoms with Gasteiger partial charge < -0.3 is 19.8 Å². The average molecular weight is 409 g/mol. The molecular weight excluding hydrogens is 394 g/mol. The van der Waals surface area contributed by atoms with Gasteiger partial charge in [-0.2, -0.15) is 4.68 Å². The highest BCUT2D eigenvalue weighted by Gasteiger charge is 2.32. The van der Waals surface area contributed by atoms with Crippen LogP contribution in [0.25, 0.3) is 6.08 Å². The maximum atomic E-state index is 12.8. The van der Waals surface area contributed by atoms with E-state index in [1.54, 1.807) is 18.2 Å². The second-order valence-corrected chi connectivity index (χ2v) is 6.79. The number of nitrogens with zero attached hydrogens (tertiary/aromatic N) is 4. The molecule has 1 fully saturated rings.